The van der Waals surface area contributed by atoms with E-state index >= 15 is 0 Å². The van der Waals surface area contributed by atoms with Crippen molar-refractivity contribution in [2.24, 2.45) is 11.8 Å². The molecule has 0 spiro atoms. The van der Waals surface area contributed by atoms with Crippen LogP contribution in [-0.4, -0.2) is 13.1 Å². The molecule has 1 saturated carbocycles. The third-order valence-electron chi connectivity index (χ3n) is 4.29. The SMILES string of the molecule is CCCCCCCC1CC(C)CCC1NC. The Morgan fingerprint density at radius 1 is 1.06 bits per heavy atom. The molecule has 0 amide bonds. The smallest absolute Gasteiger partial charge is 0.00925 e. The van der Waals surface area contributed by atoms with E-state index in [1.807, 2.05) is 0 Å². The second kappa shape index (κ2) is 8.11. The molecular weight excluding hydrogens is 194 g/mol. The Morgan fingerprint density at radius 3 is 2.50 bits per heavy atom. The third kappa shape index (κ3) is 4.86. The molecule has 3 atom stereocenters. The van der Waals surface area contributed by atoms with Crippen LogP contribution in [0.4, 0.5) is 0 Å². The van der Waals surface area contributed by atoms with Gasteiger partial charge < -0.3 is 5.32 Å². The van der Waals surface area contributed by atoms with Gasteiger partial charge >= 0.3 is 0 Å². The largest absolute Gasteiger partial charge is 0.317 e. The first-order valence-corrected chi connectivity index (χ1v) is 7.45. The fourth-order valence-corrected chi connectivity index (χ4v) is 3.21. The maximum Gasteiger partial charge on any atom is 0.00925 e. The van der Waals surface area contributed by atoms with Crippen molar-refractivity contribution in [3.05, 3.63) is 0 Å². The Bertz CT molecular complexity index is 167. The van der Waals surface area contributed by atoms with Gasteiger partial charge in [0, 0.05) is 6.04 Å². The van der Waals surface area contributed by atoms with E-state index in [0.29, 0.717) is 0 Å². The second-order valence-corrected chi connectivity index (χ2v) is 5.78. The Labute approximate surface area is 102 Å². The summed E-state index contributed by atoms with van der Waals surface area (Å²) in [6, 6.07) is 0.808. The molecule has 0 radical (unpaired) electrons. The van der Waals surface area contributed by atoms with Crippen LogP contribution in [-0.2, 0) is 0 Å². The molecule has 1 nitrogen and oxygen atoms in total. The number of rotatable bonds is 7. The molecule has 1 N–H and O–H groups in total. The molecule has 0 heterocycles. The standard InChI is InChI=1S/C15H31N/c1-4-5-6-7-8-9-14-12-13(2)10-11-15(14)16-3/h13-16H,4-12H2,1-3H3. The van der Waals surface area contributed by atoms with E-state index in [2.05, 4.69) is 26.2 Å². The Hall–Kier alpha value is -0.0400. The average molecular weight is 225 g/mol. The van der Waals surface area contributed by atoms with Crippen molar-refractivity contribution >= 4 is 0 Å². The lowest BCUT2D eigenvalue weighted by Gasteiger charge is -2.34. The van der Waals surface area contributed by atoms with Gasteiger partial charge in [0.25, 0.3) is 0 Å². The predicted molar refractivity (Wildman–Crippen MR) is 72.7 cm³/mol. The van der Waals surface area contributed by atoms with Crippen LogP contribution < -0.4 is 5.32 Å². The van der Waals surface area contributed by atoms with E-state index in [4.69, 9.17) is 0 Å². The van der Waals surface area contributed by atoms with Crippen molar-refractivity contribution < 1.29 is 0 Å². The molecular formula is C15H31N. The van der Waals surface area contributed by atoms with Crippen molar-refractivity contribution in [1.29, 1.82) is 0 Å². The van der Waals surface area contributed by atoms with E-state index in [1.165, 1.54) is 57.8 Å². The van der Waals surface area contributed by atoms with Crippen molar-refractivity contribution in [2.45, 2.75) is 77.7 Å². The second-order valence-electron chi connectivity index (χ2n) is 5.78. The van der Waals surface area contributed by atoms with E-state index < -0.39 is 0 Å². The zero-order valence-electron chi connectivity index (χ0n) is 11.6. The molecule has 16 heavy (non-hydrogen) atoms. The number of hydrogen-bond donors (Lipinski definition) is 1. The number of unbranched alkanes of at least 4 members (excludes halogenated alkanes) is 4. The van der Waals surface area contributed by atoms with Crippen molar-refractivity contribution in [3.63, 3.8) is 0 Å². The van der Waals surface area contributed by atoms with Gasteiger partial charge in [0.15, 0.2) is 0 Å². The highest BCUT2D eigenvalue weighted by Crippen LogP contribution is 2.32. The van der Waals surface area contributed by atoms with Gasteiger partial charge in [-0.25, -0.2) is 0 Å². The van der Waals surface area contributed by atoms with E-state index in [1.54, 1.807) is 0 Å². The van der Waals surface area contributed by atoms with Crippen LogP contribution in [0.15, 0.2) is 0 Å². The van der Waals surface area contributed by atoms with Crippen molar-refractivity contribution in [3.8, 4) is 0 Å². The molecule has 1 aliphatic carbocycles. The number of hydrogen-bond acceptors (Lipinski definition) is 1. The monoisotopic (exact) mass is 225 g/mol. The topological polar surface area (TPSA) is 12.0 Å². The molecule has 0 aromatic rings. The van der Waals surface area contributed by atoms with E-state index in [0.717, 1.165) is 17.9 Å². The lowest BCUT2D eigenvalue weighted by Crippen LogP contribution is -2.38. The molecule has 0 bridgehead atoms. The van der Waals surface area contributed by atoms with Gasteiger partial charge in [0.1, 0.15) is 0 Å². The van der Waals surface area contributed by atoms with Crippen LogP contribution in [0.5, 0.6) is 0 Å². The molecule has 1 heteroatoms. The quantitative estimate of drug-likeness (QED) is 0.634. The first-order valence-electron chi connectivity index (χ1n) is 7.45. The van der Waals surface area contributed by atoms with Gasteiger partial charge in [-0.3, -0.25) is 0 Å². The maximum absolute atomic E-state index is 3.53. The summed E-state index contributed by atoms with van der Waals surface area (Å²) >= 11 is 0. The molecule has 1 fully saturated rings. The zero-order chi connectivity index (χ0) is 11.8. The molecule has 0 aromatic carbocycles. The fraction of sp³-hybridized carbons (Fsp3) is 1.00. The summed E-state index contributed by atoms with van der Waals surface area (Å²) in [5.41, 5.74) is 0. The fourth-order valence-electron chi connectivity index (χ4n) is 3.21. The Morgan fingerprint density at radius 2 is 1.81 bits per heavy atom. The van der Waals surface area contributed by atoms with Crippen molar-refractivity contribution in [2.75, 3.05) is 7.05 Å². The summed E-state index contributed by atoms with van der Waals surface area (Å²) < 4.78 is 0. The normalized spacial score (nSPS) is 30.6. The summed E-state index contributed by atoms with van der Waals surface area (Å²) in [7, 11) is 2.14. The van der Waals surface area contributed by atoms with Crippen LogP contribution in [0.25, 0.3) is 0 Å². The average Bonchev–Trinajstić information content (AvgIpc) is 2.29. The van der Waals surface area contributed by atoms with Crippen LogP contribution in [0.1, 0.15) is 71.6 Å². The highest BCUT2D eigenvalue weighted by molar-refractivity contribution is 4.82. The lowest BCUT2D eigenvalue weighted by atomic mass is 9.76. The summed E-state index contributed by atoms with van der Waals surface area (Å²) in [4.78, 5) is 0. The van der Waals surface area contributed by atoms with Gasteiger partial charge in [-0.1, -0.05) is 46.0 Å². The maximum atomic E-state index is 3.53. The van der Waals surface area contributed by atoms with E-state index in [-0.39, 0.29) is 0 Å². The first kappa shape index (κ1) is 14.0. The van der Waals surface area contributed by atoms with Crippen molar-refractivity contribution in [1.82, 2.24) is 5.32 Å². The van der Waals surface area contributed by atoms with Gasteiger partial charge in [0.05, 0.1) is 0 Å². The van der Waals surface area contributed by atoms with E-state index in [9.17, 15) is 0 Å². The van der Waals surface area contributed by atoms with Crippen LogP contribution in [0.2, 0.25) is 0 Å². The minimum atomic E-state index is 0.808. The molecule has 3 unspecified atom stereocenters. The zero-order valence-corrected chi connectivity index (χ0v) is 11.6. The molecule has 1 rings (SSSR count). The molecule has 96 valence electrons. The molecule has 1 aliphatic rings. The van der Waals surface area contributed by atoms with Crippen LogP contribution >= 0.6 is 0 Å². The third-order valence-corrected chi connectivity index (χ3v) is 4.29. The lowest BCUT2D eigenvalue weighted by molar-refractivity contribution is 0.206. The minimum absolute atomic E-state index is 0.808. The van der Waals surface area contributed by atoms with Gasteiger partial charge in [-0.2, -0.15) is 0 Å². The summed E-state index contributed by atoms with van der Waals surface area (Å²) in [6.45, 7) is 4.72. The molecule has 0 aromatic heterocycles. The summed E-state index contributed by atoms with van der Waals surface area (Å²) in [6.07, 6.45) is 12.9. The predicted octanol–water partition coefficient (Wildman–Crippen LogP) is 4.37. The summed E-state index contributed by atoms with van der Waals surface area (Å²) in [5, 5.41) is 3.53. The summed E-state index contributed by atoms with van der Waals surface area (Å²) in [5.74, 6) is 1.92. The minimum Gasteiger partial charge on any atom is -0.317 e. The van der Waals surface area contributed by atoms with Gasteiger partial charge in [0.2, 0.25) is 0 Å². The highest BCUT2D eigenvalue weighted by atomic mass is 14.9. The van der Waals surface area contributed by atoms with Crippen LogP contribution in [0, 0.1) is 11.8 Å². The van der Waals surface area contributed by atoms with Gasteiger partial charge in [-0.15, -0.1) is 0 Å². The number of nitrogens with one attached hydrogen (secondary N) is 1. The highest BCUT2D eigenvalue weighted by Gasteiger charge is 2.26. The molecule has 0 saturated heterocycles. The van der Waals surface area contributed by atoms with Gasteiger partial charge in [-0.05, 0) is 44.6 Å². The Kier molecular flexibility index (Phi) is 7.11. The molecule has 0 aliphatic heterocycles. The van der Waals surface area contributed by atoms with Crippen LogP contribution in [0.3, 0.4) is 0 Å². The Balaban J connectivity index is 2.16. The first-order chi connectivity index (χ1) is 7.77.